The highest BCUT2D eigenvalue weighted by atomic mass is 16.3. The second-order valence-corrected chi connectivity index (χ2v) is 10.7. The van der Waals surface area contributed by atoms with Crippen molar-refractivity contribution >= 4 is 5.57 Å². The van der Waals surface area contributed by atoms with Gasteiger partial charge in [-0.25, -0.2) is 0 Å². The molecule has 0 saturated heterocycles. The summed E-state index contributed by atoms with van der Waals surface area (Å²) in [5, 5.41) is 18.9. The molecule has 0 amide bonds. The zero-order valence-corrected chi connectivity index (χ0v) is 25.4. The molecule has 2 atom stereocenters. The van der Waals surface area contributed by atoms with Crippen molar-refractivity contribution in [3.05, 3.63) is 154 Å². The highest BCUT2D eigenvalue weighted by molar-refractivity contribution is 5.74. The number of allylic oxidation sites excluding steroid dienone is 2. The van der Waals surface area contributed by atoms with Crippen molar-refractivity contribution in [1.29, 1.82) is 0 Å². The molecule has 2 unspecified atom stereocenters. The standard InChI is InChI=1S/C16H20O.2C8H10.C6H6O/c1-11-7-5-8-14(12(11)2)15-9-6-10-16(4,17)13(15)3;2*1-7-5-3-4-6-8(7)2;7-6-4-2-1-3-5-6/h5-10,13,17H,1-4H3;2*3-6H,1-2H3;1-5,7H. The number of aromatic hydroxyl groups is 1. The fourth-order valence-corrected chi connectivity index (χ4v) is 4.09. The molecule has 2 nitrogen and oxygen atoms in total. The molecule has 0 heterocycles. The summed E-state index contributed by atoms with van der Waals surface area (Å²) >= 11 is 0. The maximum atomic E-state index is 10.3. The lowest BCUT2D eigenvalue weighted by atomic mass is 9.77. The maximum absolute atomic E-state index is 10.3. The number of aryl methyl sites for hydroxylation is 5. The second kappa shape index (κ2) is 15.6. The molecule has 2 heteroatoms. The lowest BCUT2D eigenvalue weighted by Crippen LogP contribution is -2.32. The van der Waals surface area contributed by atoms with Crippen LogP contribution >= 0.6 is 0 Å². The molecule has 4 aromatic rings. The molecule has 0 saturated carbocycles. The highest BCUT2D eigenvalue weighted by Crippen LogP contribution is 2.37. The average Bonchev–Trinajstić information content (AvgIpc) is 2.93. The van der Waals surface area contributed by atoms with Gasteiger partial charge in [-0.05, 0) is 105 Å². The molecule has 0 fully saturated rings. The summed E-state index contributed by atoms with van der Waals surface area (Å²) in [5.41, 5.74) is 9.79. The average molecular weight is 535 g/mol. The van der Waals surface area contributed by atoms with Crippen molar-refractivity contribution in [2.24, 2.45) is 5.92 Å². The minimum Gasteiger partial charge on any atom is -0.508 e. The number of para-hydroxylation sites is 1. The molecule has 5 rings (SSSR count). The molecule has 0 aromatic heterocycles. The summed E-state index contributed by atoms with van der Waals surface area (Å²) in [6, 6.07) is 31.8. The van der Waals surface area contributed by atoms with E-state index in [0.29, 0.717) is 5.75 Å². The zero-order valence-electron chi connectivity index (χ0n) is 25.4. The maximum Gasteiger partial charge on any atom is 0.115 e. The number of rotatable bonds is 1. The minimum atomic E-state index is -0.750. The van der Waals surface area contributed by atoms with Gasteiger partial charge in [0.15, 0.2) is 0 Å². The zero-order chi connectivity index (χ0) is 29.7. The van der Waals surface area contributed by atoms with Crippen molar-refractivity contribution in [2.45, 2.75) is 61.0 Å². The van der Waals surface area contributed by atoms with E-state index in [-0.39, 0.29) is 5.92 Å². The van der Waals surface area contributed by atoms with E-state index in [9.17, 15) is 5.11 Å². The van der Waals surface area contributed by atoms with E-state index >= 15 is 0 Å². The summed E-state index contributed by atoms with van der Waals surface area (Å²) in [4.78, 5) is 0. The van der Waals surface area contributed by atoms with Gasteiger partial charge in [0.25, 0.3) is 0 Å². The van der Waals surface area contributed by atoms with Crippen LogP contribution in [-0.4, -0.2) is 15.8 Å². The molecule has 4 aromatic carbocycles. The molecule has 0 aliphatic heterocycles. The molecular formula is C38H46O2. The van der Waals surface area contributed by atoms with E-state index in [0.717, 1.165) is 0 Å². The Balaban J connectivity index is 0.000000204. The summed E-state index contributed by atoms with van der Waals surface area (Å²) in [6.45, 7) is 16.7. The van der Waals surface area contributed by atoms with E-state index in [1.54, 1.807) is 24.3 Å². The first-order valence-electron chi connectivity index (χ1n) is 13.9. The van der Waals surface area contributed by atoms with Gasteiger partial charge < -0.3 is 10.2 Å². The Labute approximate surface area is 242 Å². The Morgan fingerprint density at radius 3 is 1.40 bits per heavy atom. The Bertz CT molecular complexity index is 1310. The molecule has 40 heavy (non-hydrogen) atoms. The summed E-state index contributed by atoms with van der Waals surface area (Å²) in [7, 11) is 0. The van der Waals surface area contributed by atoms with Crippen molar-refractivity contribution < 1.29 is 10.2 Å². The quantitative estimate of drug-likeness (QED) is 0.255. The van der Waals surface area contributed by atoms with Crippen LogP contribution in [0.15, 0.2) is 115 Å². The van der Waals surface area contributed by atoms with E-state index in [1.807, 2.05) is 25.1 Å². The second-order valence-electron chi connectivity index (χ2n) is 10.7. The molecule has 210 valence electrons. The van der Waals surface area contributed by atoms with Crippen LogP contribution < -0.4 is 0 Å². The first-order valence-corrected chi connectivity index (χ1v) is 13.9. The SMILES string of the molecule is Cc1cccc(C2=CC=CC(C)(O)C2C)c1C.Cc1ccccc1C.Cc1ccccc1C.Oc1ccccc1. The summed E-state index contributed by atoms with van der Waals surface area (Å²) in [6.07, 6.45) is 5.94. The van der Waals surface area contributed by atoms with Crippen molar-refractivity contribution in [3.8, 4) is 5.75 Å². The van der Waals surface area contributed by atoms with Gasteiger partial charge in [0.1, 0.15) is 5.75 Å². The number of hydrogen-bond acceptors (Lipinski definition) is 2. The topological polar surface area (TPSA) is 40.5 Å². The van der Waals surface area contributed by atoms with Gasteiger partial charge in [0, 0.05) is 5.92 Å². The Kier molecular flexibility index (Phi) is 12.6. The number of aliphatic hydroxyl groups is 1. The van der Waals surface area contributed by atoms with E-state index in [4.69, 9.17) is 5.11 Å². The third kappa shape index (κ3) is 10.0. The van der Waals surface area contributed by atoms with E-state index in [2.05, 4.69) is 121 Å². The number of phenols is 1. The monoisotopic (exact) mass is 534 g/mol. The Morgan fingerprint density at radius 1 is 0.575 bits per heavy atom. The van der Waals surface area contributed by atoms with Gasteiger partial charge in [0.2, 0.25) is 0 Å². The molecule has 1 aliphatic carbocycles. The largest absolute Gasteiger partial charge is 0.508 e. The number of hydrogen-bond donors (Lipinski definition) is 2. The highest BCUT2D eigenvalue weighted by Gasteiger charge is 2.31. The van der Waals surface area contributed by atoms with Crippen LogP contribution in [-0.2, 0) is 0 Å². The summed E-state index contributed by atoms with van der Waals surface area (Å²) in [5.74, 6) is 0.440. The molecule has 0 radical (unpaired) electrons. The predicted octanol–water partition coefficient (Wildman–Crippen LogP) is 9.64. The van der Waals surface area contributed by atoms with Gasteiger partial charge in [-0.2, -0.15) is 0 Å². The normalized spacial score (nSPS) is 17.1. The minimum absolute atomic E-state index is 0.119. The van der Waals surface area contributed by atoms with Gasteiger partial charge in [-0.1, -0.05) is 110 Å². The smallest absolute Gasteiger partial charge is 0.115 e. The summed E-state index contributed by atoms with van der Waals surface area (Å²) < 4.78 is 0. The van der Waals surface area contributed by atoms with Crippen molar-refractivity contribution in [2.75, 3.05) is 0 Å². The fourth-order valence-electron chi connectivity index (χ4n) is 4.09. The first-order chi connectivity index (χ1) is 18.9. The van der Waals surface area contributed by atoms with Crippen LogP contribution in [0.25, 0.3) is 5.57 Å². The lowest BCUT2D eigenvalue weighted by molar-refractivity contribution is 0.0771. The predicted molar refractivity (Wildman–Crippen MR) is 173 cm³/mol. The molecular weight excluding hydrogens is 488 g/mol. The van der Waals surface area contributed by atoms with Crippen LogP contribution in [0.4, 0.5) is 0 Å². The molecule has 1 aliphatic rings. The molecule has 2 N–H and O–H groups in total. The van der Waals surface area contributed by atoms with Crippen LogP contribution in [0.3, 0.4) is 0 Å². The van der Waals surface area contributed by atoms with Gasteiger partial charge >= 0.3 is 0 Å². The van der Waals surface area contributed by atoms with E-state index in [1.165, 1.54) is 44.5 Å². The molecule has 0 bridgehead atoms. The van der Waals surface area contributed by atoms with Crippen LogP contribution in [0.5, 0.6) is 5.75 Å². The van der Waals surface area contributed by atoms with Crippen molar-refractivity contribution in [1.82, 2.24) is 0 Å². The number of benzene rings is 4. The third-order valence-corrected chi connectivity index (χ3v) is 7.58. The van der Waals surface area contributed by atoms with Gasteiger partial charge in [-0.3, -0.25) is 0 Å². The fraction of sp³-hybridized carbons (Fsp3) is 0.263. The van der Waals surface area contributed by atoms with Crippen LogP contribution in [0, 0.1) is 47.5 Å². The van der Waals surface area contributed by atoms with E-state index < -0.39 is 5.60 Å². The molecule has 0 spiro atoms. The third-order valence-electron chi connectivity index (χ3n) is 7.58. The Morgan fingerprint density at radius 2 is 1.00 bits per heavy atom. The first kappa shape index (κ1) is 32.3. The van der Waals surface area contributed by atoms with Crippen LogP contribution in [0.2, 0.25) is 0 Å². The van der Waals surface area contributed by atoms with Gasteiger partial charge in [0.05, 0.1) is 5.60 Å². The lowest BCUT2D eigenvalue weighted by Gasteiger charge is -2.32. The number of phenolic OH excluding ortho intramolecular Hbond substituents is 1. The Hall–Kier alpha value is -3.88. The van der Waals surface area contributed by atoms with Gasteiger partial charge in [-0.15, -0.1) is 0 Å². The van der Waals surface area contributed by atoms with Crippen LogP contribution in [0.1, 0.15) is 52.8 Å². The van der Waals surface area contributed by atoms with Crippen molar-refractivity contribution in [3.63, 3.8) is 0 Å².